The van der Waals surface area contributed by atoms with E-state index in [1.54, 1.807) is 19.1 Å². The highest BCUT2D eigenvalue weighted by atomic mass is 35.5. The van der Waals surface area contributed by atoms with E-state index in [1.807, 2.05) is 6.07 Å². The van der Waals surface area contributed by atoms with E-state index in [4.69, 9.17) is 22.1 Å². The maximum atomic E-state index is 11.3. The number of hydrogen-bond donors (Lipinski definition) is 1. The van der Waals surface area contributed by atoms with Gasteiger partial charge in [0.15, 0.2) is 0 Å². The molecule has 0 fully saturated rings. The first kappa shape index (κ1) is 13.9. The van der Waals surface area contributed by atoms with Gasteiger partial charge in [-0.05, 0) is 25.1 Å². The Hall–Kier alpha value is -1.13. The lowest BCUT2D eigenvalue weighted by Gasteiger charge is -2.07. The fraction of sp³-hybridized carbons (Fsp3) is 0.250. The highest BCUT2D eigenvalue weighted by molar-refractivity contribution is 7.99. The van der Waals surface area contributed by atoms with Crippen LogP contribution in [0.15, 0.2) is 35.2 Å². The van der Waals surface area contributed by atoms with Gasteiger partial charge in [0, 0.05) is 26.9 Å². The fourth-order valence-corrected chi connectivity index (χ4v) is 2.13. The molecule has 17 heavy (non-hydrogen) atoms. The van der Waals surface area contributed by atoms with Gasteiger partial charge in [-0.2, -0.15) is 0 Å². The molecule has 5 heteroatoms. The molecule has 0 amide bonds. The minimum atomic E-state index is -0.368. The number of thioether (sulfide) groups is 1. The van der Waals surface area contributed by atoms with Crippen molar-refractivity contribution in [3.63, 3.8) is 0 Å². The van der Waals surface area contributed by atoms with E-state index in [0.717, 1.165) is 4.90 Å². The van der Waals surface area contributed by atoms with Crippen molar-refractivity contribution in [2.75, 3.05) is 18.1 Å². The molecule has 0 aliphatic carbocycles. The fourth-order valence-electron chi connectivity index (χ4n) is 1.11. The molecule has 0 spiro atoms. The first-order valence-electron chi connectivity index (χ1n) is 5.07. The van der Waals surface area contributed by atoms with Gasteiger partial charge in [0.25, 0.3) is 0 Å². The highest BCUT2D eigenvalue weighted by Crippen LogP contribution is 2.28. The van der Waals surface area contributed by atoms with Crippen molar-refractivity contribution in [1.29, 1.82) is 0 Å². The minimum absolute atomic E-state index is 0.353. The van der Waals surface area contributed by atoms with Crippen LogP contribution in [0.1, 0.15) is 6.92 Å². The average Bonchev–Trinajstić information content (AvgIpc) is 2.27. The van der Waals surface area contributed by atoms with Crippen LogP contribution in [-0.2, 0) is 9.53 Å². The zero-order valence-corrected chi connectivity index (χ0v) is 11.1. The van der Waals surface area contributed by atoms with E-state index < -0.39 is 0 Å². The van der Waals surface area contributed by atoms with E-state index >= 15 is 0 Å². The van der Waals surface area contributed by atoms with Gasteiger partial charge in [-0.15, -0.1) is 11.8 Å². The molecule has 3 nitrogen and oxygen atoms in total. The van der Waals surface area contributed by atoms with Crippen molar-refractivity contribution in [2.45, 2.75) is 11.8 Å². The Labute approximate surface area is 110 Å². The lowest BCUT2D eigenvalue weighted by molar-refractivity contribution is -0.138. The van der Waals surface area contributed by atoms with Gasteiger partial charge in [-0.3, -0.25) is 0 Å². The number of benzene rings is 1. The summed E-state index contributed by atoms with van der Waals surface area (Å²) in [6.07, 6.45) is 0. The van der Waals surface area contributed by atoms with Crippen LogP contribution in [0.25, 0.3) is 0 Å². The number of rotatable bonds is 5. The number of esters is 1. The summed E-state index contributed by atoms with van der Waals surface area (Å²) < 4.78 is 4.84. The molecule has 2 N–H and O–H groups in total. The maximum absolute atomic E-state index is 11.3. The van der Waals surface area contributed by atoms with Crippen molar-refractivity contribution in [2.24, 2.45) is 0 Å². The molecule has 0 saturated heterocycles. The molecule has 0 aliphatic rings. The maximum Gasteiger partial charge on any atom is 0.334 e. The van der Waals surface area contributed by atoms with Crippen LogP contribution in [0.4, 0.5) is 5.69 Å². The summed E-state index contributed by atoms with van der Waals surface area (Å²) in [4.78, 5) is 12.2. The Kier molecular flexibility index (Phi) is 5.38. The Bertz CT molecular complexity index is 435. The molecule has 0 aromatic heterocycles. The number of anilines is 1. The topological polar surface area (TPSA) is 52.3 Å². The van der Waals surface area contributed by atoms with Gasteiger partial charge in [0.1, 0.15) is 0 Å². The Morgan fingerprint density at radius 2 is 2.29 bits per heavy atom. The standard InChI is InChI=1S/C12H14ClNO2S/c1-3-16-12(15)8(2)7-17-11-5-4-9(13)6-10(11)14/h4-6H,2-3,7,14H2,1H3. The number of hydrogen-bond acceptors (Lipinski definition) is 4. The largest absolute Gasteiger partial charge is 0.463 e. The molecule has 0 aliphatic heterocycles. The molecular weight excluding hydrogens is 258 g/mol. The Morgan fingerprint density at radius 1 is 1.59 bits per heavy atom. The van der Waals surface area contributed by atoms with E-state index in [9.17, 15) is 4.79 Å². The van der Waals surface area contributed by atoms with Crippen molar-refractivity contribution in [1.82, 2.24) is 0 Å². The summed E-state index contributed by atoms with van der Waals surface area (Å²) in [7, 11) is 0. The average molecular weight is 272 g/mol. The van der Waals surface area contributed by atoms with Gasteiger partial charge < -0.3 is 10.5 Å². The zero-order chi connectivity index (χ0) is 12.8. The van der Waals surface area contributed by atoms with Gasteiger partial charge >= 0.3 is 5.97 Å². The Morgan fingerprint density at radius 3 is 2.88 bits per heavy atom. The van der Waals surface area contributed by atoms with Crippen LogP contribution in [-0.4, -0.2) is 18.3 Å². The van der Waals surface area contributed by atoms with E-state index in [-0.39, 0.29) is 5.97 Å². The highest BCUT2D eigenvalue weighted by Gasteiger charge is 2.09. The van der Waals surface area contributed by atoms with Gasteiger partial charge in [-0.25, -0.2) is 4.79 Å². The Balaban J connectivity index is 2.56. The number of carbonyl (C=O) groups is 1. The molecule has 1 aromatic carbocycles. The quantitative estimate of drug-likeness (QED) is 0.387. The molecular formula is C12H14ClNO2S. The van der Waals surface area contributed by atoms with Gasteiger partial charge in [0.2, 0.25) is 0 Å². The summed E-state index contributed by atoms with van der Waals surface area (Å²) >= 11 is 7.22. The van der Waals surface area contributed by atoms with E-state index in [2.05, 4.69) is 6.58 Å². The molecule has 92 valence electrons. The second-order valence-electron chi connectivity index (χ2n) is 3.29. The molecule has 1 aromatic rings. The second kappa shape index (κ2) is 6.57. The van der Waals surface area contributed by atoms with Crippen LogP contribution in [0, 0.1) is 0 Å². The number of ether oxygens (including phenoxy) is 1. The molecule has 0 saturated carbocycles. The van der Waals surface area contributed by atoms with Crippen molar-refractivity contribution < 1.29 is 9.53 Å². The van der Waals surface area contributed by atoms with Gasteiger partial charge in [0.05, 0.1) is 6.61 Å². The smallest absolute Gasteiger partial charge is 0.334 e. The number of nitrogens with two attached hydrogens (primary N) is 1. The first-order valence-corrected chi connectivity index (χ1v) is 6.43. The number of halogens is 1. The molecule has 1 rings (SSSR count). The summed E-state index contributed by atoms with van der Waals surface area (Å²) in [6, 6.07) is 5.26. The normalized spacial score (nSPS) is 10.0. The van der Waals surface area contributed by atoms with Crippen LogP contribution in [0.5, 0.6) is 0 Å². The van der Waals surface area contributed by atoms with Crippen molar-refractivity contribution in [3.8, 4) is 0 Å². The van der Waals surface area contributed by atoms with E-state index in [1.165, 1.54) is 11.8 Å². The number of carbonyl (C=O) groups excluding carboxylic acids is 1. The van der Waals surface area contributed by atoms with Crippen molar-refractivity contribution in [3.05, 3.63) is 35.4 Å². The minimum Gasteiger partial charge on any atom is -0.463 e. The zero-order valence-electron chi connectivity index (χ0n) is 9.53. The lowest BCUT2D eigenvalue weighted by Crippen LogP contribution is -2.08. The summed E-state index contributed by atoms with van der Waals surface area (Å²) in [5.74, 6) is 0.0810. The lowest BCUT2D eigenvalue weighted by atomic mass is 10.3. The molecule has 0 unspecified atom stereocenters. The van der Waals surface area contributed by atoms with Crippen LogP contribution < -0.4 is 5.73 Å². The summed E-state index contributed by atoms with van der Waals surface area (Å²) in [5, 5.41) is 0.594. The predicted molar refractivity (Wildman–Crippen MR) is 72.4 cm³/mol. The molecule has 0 atom stereocenters. The molecule has 0 bridgehead atoms. The third kappa shape index (κ3) is 4.32. The monoisotopic (exact) mass is 271 g/mol. The van der Waals surface area contributed by atoms with E-state index in [0.29, 0.717) is 28.6 Å². The SMILES string of the molecule is C=C(CSc1ccc(Cl)cc1N)C(=O)OCC. The predicted octanol–water partition coefficient (Wildman–Crippen LogP) is 3.13. The van der Waals surface area contributed by atoms with Gasteiger partial charge in [-0.1, -0.05) is 18.2 Å². The summed E-state index contributed by atoms with van der Waals surface area (Å²) in [5.41, 5.74) is 6.81. The first-order chi connectivity index (χ1) is 8.04. The van der Waals surface area contributed by atoms with Crippen LogP contribution in [0.2, 0.25) is 5.02 Å². The van der Waals surface area contributed by atoms with Crippen molar-refractivity contribution >= 4 is 35.0 Å². The molecule has 0 heterocycles. The summed E-state index contributed by atoms with van der Waals surface area (Å²) in [6.45, 7) is 5.79. The number of nitrogen functional groups attached to an aromatic ring is 1. The molecule has 0 radical (unpaired) electrons. The third-order valence-corrected chi connectivity index (χ3v) is 3.35. The van der Waals surface area contributed by atoms with Crippen LogP contribution in [0.3, 0.4) is 0 Å². The third-order valence-electron chi connectivity index (χ3n) is 1.94. The second-order valence-corrected chi connectivity index (χ2v) is 4.75. The van der Waals surface area contributed by atoms with Crippen LogP contribution >= 0.6 is 23.4 Å².